The van der Waals surface area contributed by atoms with Crippen molar-refractivity contribution in [1.29, 1.82) is 0 Å². The number of carbonyl (C=O) groups excluding carboxylic acids is 3. The molecule has 1 atom stereocenters. The number of amides is 2. The Morgan fingerprint density at radius 3 is 2.68 bits per heavy atom. The Balaban J connectivity index is 1.42. The fourth-order valence-electron chi connectivity index (χ4n) is 3.54. The molecule has 1 unspecified atom stereocenters. The Hall–Kier alpha value is -2.80. The molecule has 4 rings (SSSR count). The third-order valence-electron chi connectivity index (χ3n) is 4.97. The molecule has 2 aliphatic heterocycles. The molecule has 2 aromatic carbocycles. The van der Waals surface area contributed by atoms with E-state index in [1.807, 2.05) is 48.5 Å². The molecule has 7 heteroatoms. The van der Waals surface area contributed by atoms with Gasteiger partial charge in [-0.05, 0) is 36.2 Å². The summed E-state index contributed by atoms with van der Waals surface area (Å²) in [5.74, 6) is -1.07. The number of aryl methyl sites for hydroxylation is 1. The molecule has 144 valence electrons. The second-order valence-corrected chi connectivity index (χ2v) is 8.08. The number of nitrogens with one attached hydrogen (secondary N) is 1. The van der Waals surface area contributed by atoms with E-state index < -0.39 is 23.4 Å². The number of hydrogen-bond acceptors (Lipinski definition) is 5. The highest BCUT2D eigenvalue weighted by Crippen LogP contribution is 2.56. The lowest BCUT2D eigenvalue weighted by Crippen LogP contribution is -2.48. The van der Waals surface area contributed by atoms with Gasteiger partial charge in [0.05, 0.1) is 5.69 Å². The molecule has 1 saturated heterocycles. The van der Waals surface area contributed by atoms with Gasteiger partial charge < -0.3 is 10.1 Å². The Morgan fingerprint density at radius 2 is 1.93 bits per heavy atom. The number of thioether (sulfide) groups is 1. The van der Waals surface area contributed by atoms with Crippen LogP contribution in [0.15, 0.2) is 53.4 Å². The standard InChI is InChI=1S/C21H20N2O4S/c1-2-14-7-9-15(10-8-14)22-18(24)13-27-20(26)21-12-11-19(25)23(21)16-5-3-4-6-17(16)28-21/h3-10H,2,11-13H2,1H3,(H,22,24). The number of fused-ring (bicyclic) bond motifs is 3. The van der Waals surface area contributed by atoms with Crippen molar-refractivity contribution >= 4 is 40.9 Å². The Bertz CT molecular complexity index is 944. The van der Waals surface area contributed by atoms with Crippen LogP contribution in [0.2, 0.25) is 0 Å². The summed E-state index contributed by atoms with van der Waals surface area (Å²) in [7, 11) is 0. The number of esters is 1. The molecule has 0 saturated carbocycles. The molecule has 0 aliphatic carbocycles. The number of carbonyl (C=O) groups is 3. The average molecular weight is 396 g/mol. The summed E-state index contributed by atoms with van der Waals surface area (Å²) in [6, 6.07) is 14.9. The molecule has 0 bridgehead atoms. The van der Waals surface area contributed by atoms with Gasteiger partial charge in [-0.25, -0.2) is 4.79 Å². The van der Waals surface area contributed by atoms with Crippen molar-refractivity contribution in [1.82, 2.24) is 0 Å². The minimum atomic E-state index is -1.11. The monoisotopic (exact) mass is 396 g/mol. The second-order valence-electron chi connectivity index (χ2n) is 6.76. The minimum Gasteiger partial charge on any atom is -0.453 e. The van der Waals surface area contributed by atoms with Gasteiger partial charge in [-0.15, -0.1) is 0 Å². The molecule has 2 heterocycles. The molecule has 28 heavy (non-hydrogen) atoms. The molecule has 2 amide bonds. The number of nitrogens with zero attached hydrogens (tertiary/aromatic N) is 1. The van der Waals surface area contributed by atoms with E-state index in [0.717, 1.165) is 17.0 Å². The summed E-state index contributed by atoms with van der Waals surface area (Å²) in [5.41, 5.74) is 2.55. The van der Waals surface area contributed by atoms with E-state index >= 15 is 0 Å². The molecular formula is C21H20N2O4S. The number of benzene rings is 2. The number of anilines is 2. The van der Waals surface area contributed by atoms with Crippen LogP contribution in [-0.4, -0.2) is 29.3 Å². The smallest absolute Gasteiger partial charge is 0.344 e. The van der Waals surface area contributed by atoms with Gasteiger partial charge >= 0.3 is 5.97 Å². The lowest BCUT2D eigenvalue weighted by Gasteiger charge is -2.28. The summed E-state index contributed by atoms with van der Waals surface area (Å²) in [6.45, 7) is 1.66. The third kappa shape index (κ3) is 3.16. The Labute approximate surface area is 167 Å². The maximum absolute atomic E-state index is 12.9. The van der Waals surface area contributed by atoms with Crippen molar-refractivity contribution in [2.75, 3.05) is 16.8 Å². The van der Waals surface area contributed by atoms with Crippen molar-refractivity contribution in [2.24, 2.45) is 0 Å². The first-order valence-corrected chi connectivity index (χ1v) is 10.0. The first kappa shape index (κ1) is 18.6. The van der Waals surface area contributed by atoms with Crippen LogP contribution in [0.4, 0.5) is 11.4 Å². The van der Waals surface area contributed by atoms with Gasteiger partial charge in [0.25, 0.3) is 5.91 Å². The van der Waals surface area contributed by atoms with Crippen LogP contribution in [-0.2, 0) is 25.5 Å². The maximum atomic E-state index is 12.9. The number of para-hydroxylation sites is 1. The largest absolute Gasteiger partial charge is 0.453 e. The predicted octanol–water partition coefficient (Wildman–Crippen LogP) is 3.36. The zero-order valence-corrected chi connectivity index (χ0v) is 16.3. The van der Waals surface area contributed by atoms with Gasteiger partial charge in [-0.1, -0.05) is 43.0 Å². The molecule has 2 aromatic rings. The first-order chi connectivity index (χ1) is 13.5. The number of rotatable bonds is 5. The van der Waals surface area contributed by atoms with Crippen LogP contribution >= 0.6 is 11.8 Å². The zero-order chi connectivity index (χ0) is 19.7. The van der Waals surface area contributed by atoms with Crippen LogP contribution in [0, 0.1) is 0 Å². The van der Waals surface area contributed by atoms with E-state index in [1.54, 1.807) is 0 Å². The highest BCUT2D eigenvalue weighted by molar-refractivity contribution is 8.02. The summed E-state index contributed by atoms with van der Waals surface area (Å²) in [5, 5.41) is 2.72. The maximum Gasteiger partial charge on any atom is 0.344 e. The highest BCUT2D eigenvalue weighted by Gasteiger charge is 2.58. The van der Waals surface area contributed by atoms with Crippen LogP contribution < -0.4 is 10.2 Å². The molecule has 0 radical (unpaired) electrons. The molecule has 0 aromatic heterocycles. The minimum absolute atomic E-state index is 0.102. The van der Waals surface area contributed by atoms with Crippen LogP contribution in [0.1, 0.15) is 25.3 Å². The van der Waals surface area contributed by atoms with Gasteiger partial charge in [0.1, 0.15) is 0 Å². The van der Waals surface area contributed by atoms with Crippen molar-refractivity contribution in [3.8, 4) is 0 Å². The fraction of sp³-hybridized carbons (Fsp3) is 0.286. The van der Waals surface area contributed by atoms with Gasteiger partial charge in [0.15, 0.2) is 11.5 Å². The van der Waals surface area contributed by atoms with E-state index in [4.69, 9.17) is 4.74 Å². The normalized spacial score (nSPS) is 19.9. The number of hydrogen-bond donors (Lipinski definition) is 1. The van der Waals surface area contributed by atoms with Crippen molar-refractivity contribution in [3.63, 3.8) is 0 Å². The SMILES string of the molecule is CCc1ccc(NC(=O)COC(=O)C23CCC(=O)N2c2ccccc2S3)cc1. The highest BCUT2D eigenvalue weighted by atomic mass is 32.2. The summed E-state index contributed by atoms with van der Waals surface area (Å²) >= 11 is 1.32. The van der Waals surface area contributed by atoms with Gasteiger partial charge in [-0.3, -0.25) is 14.5 Å². The quantitative estimate of drug-likeness (QED) is 0.785. The average Bonchev–Trinajstić information content (AvgIpc) is 3.22. The van der Waals surface area contributed by atoms with Crippen molar-refractivity contribution < 1.29 is 19.1 Å². The van der Waals surface area contributed by atoms with E-state index in [0.29, 0.717) is 12.1 Å². The zero-order valence-electron chi connectivity index (χ0n) is 15.4. The van der Waals surface area contributed by atoms with Crippen LogP contribution in [0.25, 0.3) is 0 Å². The fourth-order valence-corrected chi connectivity index (χ4v) is 4.95. The molecular weight excluding hydrogens is 376 g/mol. The Kier molecular flexibility index (Phi) is 4.85. The lowest BCUT2D eigenvalue weighted by molar-refractivity contribution is -0.149. The molecule has 6 nitrogen and oxygen atoms in total. The molecule has 1 N–H and O–H groups in total. The third-order valence-corrected chi connectivity index (χ3v) is 6.43. The van der Waals surface area contributed by atoms with Crippen LogP contribution in [0.5, 0.6) is 0 Å². The number of ether oxygens (including phenoxy) is 1. The van der Waals surface area contributed by atoms with E-state index in [9.17, 15) is 14.4 Å². The first-order valence-electron chi connectivity index (χ1n) is 9.20. The summed E-state index contributed by atoms with van der Waals surface area (Å²) in [6.07, 6.45) is 1.57. The summed E-state index contributed by atoms with van der Waals surface area (Å²) < 4.78 is 5.32. The van der Waals surface area contributed by atoms with E-state index in [2.05, 4.69) is 12.2 Å². The van der Waals surface area contributed by atoms with Crippen molar-refractivity contribution in [3.05, 3.63) is 54.1 Å². The van der Waals surface area contributed by atoms with E-state index in [-0.39, 0.29) is 12.3 Å². The van der Waals surface area contributed by atoms with Crippen LogP contribution in [0.3, 0.4) is 0 Å². The molecule has 1 fully saturated rings. The van der Waals surface area contributed by atoms with Gasteiger partial charge in [-0.2, -0.15) is 0 Å². The topological polar surface area (TPSA) is 75.7 Å². The lowest BCUT2D eigenvalue weighted by atomic mass is 10.1. The van der Waals surface area contributed by atoms with Crippen molar-refractivity contribution in [2.45, 2.75) is 36.0 Å². The predicted molar refractivity (Wildman–Crippen MR) is 107 cm³/mol. The second kappa shape index (κ2) is 7.31. The molecule has 2 aliphatic rings. The van der Waals surface area contributed by atoms with E-state index in [1.165, 1.54) is 22.2 Å². The molecule has 0 spiro atoms. The Morgan fingerprint density at radius 1 is 1.18 bits per heavy atom. The summed E-state index contributed by atoms with van der Waals surface area (Å²) in [4.78, 5) is 38.7. The van der Waals surface area contributed by atoms with Gasteiger partial charge in [0, 0.05) is 23.4 Å². The van der Waals surface area contributed by atoms with Gasteiger partial charge in [0.2, 0.25) is 5.91 Å².